The third kappa shape index (κ3) is 5.12. The Hall–Kier alpha value is -3.25. The number of aryl methyl sites for hydroxylation is 3. The van der Waals surface area contributed by atoms with Crippen molar-refractivity contribution >= 4 is 10.9 Å². The molecule has 1 aliphatic heterocycles. The number of aromatic nitrogens is 1. The highest BCUT2D eigenvalue weighted by molar-refractivity contribution is 5.85. The van der Waals surface area contributed by atoms with E-state index in [0.717, 1.165) is 61.4 Å². The van der Waals surface area contributed by atoms with Gasteiger partial charge in [0.15, 0.2) is 0 Å². The van der Waals surface area contributed by atoms with Crippen molar-refractivity contribution < 1.29 is 9.84 Å². The van der Waals surface area contributed by atoms with Crippen LogP contribution in [0.4, 0.5) is 0 Å². The highest BCUT2D eigenvalue weighted by Crippen LogP contribution is 2.37. The molecule has 0 saturated carbocycles. The van der Waals surface area contributed by atoms with Crippen molar-refractivity contribution in [3.05, 3.63) is 107 Å². The van der Waals surface area contributed by atoms with E-state index in [1.807, 2.05) is 37.3 Å². The largest absolute Gasteiger partial charge is 0.490 e. The number of aliphatic hydroxyl groups is 1. The number of nitrogens with zero attached hydrogens (tertiary/aromatic N) is 3. The molecule has 1 N–H and O–H groups in total. The maximum atomic E-state index is 10.8. The minimum Gasteiger partial charge on any atom is -0.490 e. The maximum Gasteiger partial charge on any atom is 0.128 e. The predicted octanol–water partition coefficient (Wildman–Crippen LogP) is 4.79. The van der Waals surface area contributed by atoms with E-state index in [9.17, 15) is 5.11 Å². The number of benzene rings is 3. The molecule has 2 heterocycles. The molecule has 6 rings (SSSR count). The zero-order valence-electron chi connectivity index (χ0n) is 21.5. The number of fused-ring (bicyclic) bond motifs is 3. The van der Waals surface area contributed by atoms with Crippen LogP contribution in [0.2, 0.25) is 0 Å². The van der Waals surface area contributed by atoms with E-state index >= 15 is 0 Å². The van der Waals surface area contributed by atoms with Crippen molar-refractivity contribution in [1.82, 2.24) is 14.8 Å². The number of pyridine rings is 1. The fourth-order valence-electron chi connectivity index (χ4n) is 5.98. The van der Waals surface area contributed by atoms with Crippen LogP contribution >= 0.6 is 0 Å². The Morgan fingerprint density at radius 2 is 1.51 bits per heavy atom. The Kier molecular flexibility index (Phi) is 6.92. The Morgan fingerprint density at radius 3 is 2.22 bits per heavy atom. The number of piperazine rings is 1. The van der Waals surface area contributed by atoms with Crippen LogP contribution in [-0.4, -0.2) is 65.3 Å². The van der Waals surface area contributed by atoms with Gasteiger partial charge in [0, 0.05) is 43.8 Å². The molecule has 1 aromatic heterocycles. The molecule has 2 aliphatic rings. The molecule has 1 atom stereocenters. The van der Waals surface area contributed by atoms with E-state index in [0.29, 0.717) is 12.6 Å². The molecule has 5 heteroatoms. The van der Waals surface area contributed by atoms with Crippen LogP contribution < -0.4 is 4.74 Å². The highest BCUT2D eigenvalue weighted by atomic mass is 16.5. The first-order chi connectivity index (χ1) is 18.2. The van der Waals surface area contributed by atoms with Gasteiger partial charge in [0.05, 0.1) is 11.6 Å². The summed E-state index contributed by atoms with van der Waals surface area (Å²) in [4.78, 5) is 9.58. The fourth-order valence-corrected chi connectivity index (χ4v) is 5.98. The molecule has 1 aliphatic carbocycles. The summed E-state index contributed by atoms with van der Waals surface area (Å²) in [7, 11) is 0. The van der Waals surface area contributed by atoms with Gasteiger partial charge in [-0.3, -0.25) is 14.8 Å². The number of hydrogen-bond acceptors (Lipinski definition) is 5. The molecule has 190 valence electrons. The molecule has 37 heavy (non-hydrogen) atoms. The zero-order chi connectivity index (χ0) is 25.2. The molecular weight excluding hydrogens is 458 g/mol. The Morgan fingerprint density at radius 1 is 0.838 bits per heavy atom. The van der Waals surface area contributed by atoms with Gasteiger partial charge in [0.1, 0.15) is 18.5 Å². The average molecular weight is 494 g/mol. The Bertz CT molecular complexity index is 1330. The molecule has 1 unspecified atom stereocenters. The number of hydrogen-bond donors (Lipinski definition) is 1. The summed E-state index contributed by atoms with van der Waals surface area (Å²) in [5.74, 6) is 0.777. The summed E-state index contributed by atoms with van der Waals surface area (Å²) in [6.07, 6.45) is 1.66. The first kappa shape index (κ1) is 24.1. The van der Waals surface area contributed by atoms with Crippen LogP contribution in [0.1, 0.15) is 34.0 Å². The fraction of sp³-hybridized carbons (Fsp3) is 0.344. The summed E-state index contributed by atoms with van der Waals surface area (Å²) < 4.78 is 6.04. The summed E-state index contributed by atoms with van der Waals surface area (Å²) in [5.41, 5.74) is 7.75. The van der Waals surface area contributed by atoms with Crippen LogP contribution in [0, 0.1) is 6.92 Å². The van der Waals surface area contributed by atoms with Crippen molar-refractivity contribution in [2.45, 2.75) is 31.9 Å². The van der Waals surface area contributed by atoms with Gasteiger partial charge < -0.3 is 9.84 Å². The van der Waals surface area contributed by atoms with Gasteiger partial charge in [-0.25, -0.2) is 0 Å². The summed E-state index contributed by atoms with van der Waals surface area (Å²) in [6.45, 7) is 6.73. The van der Waals surface area contributed by atoms with E-state index in [4.69, 9.17) is 4.74 Å². The normalized spacial score (nSPS) is 17.7. The van der Waals surface area contributed by atoms with Crippen LogP contribution in [-0.2, 0) is 12.8 Å². The van der Waals surface area contributed by atoms with Crippen LogP contribution in [0.5, 0.6) is 5.75 Å². The molecule has 4 aromatic rings. The number of β-amino-alcohol motifs (C(OH)–C–C–N with tert-alkyl or cyclic N) is 1. The number of ether oxygens (including phenoxy) is 1. The minimum absolute atomic E-state index is 0.274. The van der Waals surface area contributed by atoms with Gasteiger partial charge in [-0.2, -0.15) is 0 Å². The predicted molar refractivity (Wildman–Crippen MR) is 148 cm³/mol. The first-order valence-electron chi connectivity index (χ1n) is 13.4. The molecule has 0 radical (unpaired) electrons. The third-order valence-electron chi connectivity index (χ3n) is 7.87. The van der Waals surface area contributed by atoms with Crippen molar-refractivity contribution in [2.75, 3.05) is 39.3 Å². The summed E-state index contributed by atoms with van der Waals surface area (Å²) in [5, 5.41) is 11.8. The average Bonchev–Trinajstić information content (AvgIpc) is 3.09. The van der Waals surface area contributed by atoms with Crippen LogP contribution in [0.15, 0.2) is 78.9 Å². The lowest BCUT2D eigenvalue weighted by molar-refractivity contribution is 0.0403. The van der Waals surface area contributed by atoms with Gasteiger partial charge in [0.25, 0.3) is 0 Å². The topological polar surface area (TPSA) is 48.8 Å². The Labute approximate surface area is 219 Å². The lowest BCUT2D eigenvalue weighted by Gasteiger charge is -2.40. The van der Waals surface area contributed by atoms with Gasteiger partial charge in [-0.1, -0.05) is 54.6 Å². The van der Waals surface area contributed by atoms with Crippen molar-refractivity contribution in [3.63, 3.8) is 0 Å². The van der Waals surface area contributed by atoms with E-state index in [2.05, 4.69) is 63.3 Å². The second-order valence-corrected chi connectivity index (χ2v) is 10.4. The van der Waals surface area contributed by atoms with E-state index < -0.39 is 6.10 Å². The zero-order valence-corrected chi connectivity index (χ0v) is 21.5. The molecule has 1 fully saturated rings. The molecule has 0 bridgehead atoms. The lowest BCUT2D eigenvalue weighted by atomic mass is 9.92. The number of rotatable bonds is 6. The van der Waals surface area contributed by atoms with E-state index in [-0.39, 0.29) is 6.61 Å². The van der Waals surface area contributed by atoms with E-state index in [1.54, 1.807) is 0 Å². The van der Waals surface area contributed by atoms with E-state index in [1.165, 1.54) is 22.3 Å². The molecule has 0 amide bonds. The number of aliphatic hydroxyl groups excluding tert-OH is 1. The molecule has 1 saturated heterocycles. The first-order valence-corrected chi connectivity index (χ1v) is 13.4. The summed E-state index contributed by atoms with van der Waals surface area (Å²) in [6, 6.07) is 28.2. The van der Waals surface area contributed by atoms with Crippen molar-refractivity contribution in [3.8, 4) is 5.75 Å². The quantitative estimate of drug-likeness (QED) is 0.419. The third-order valence-corrected chi connectivity index (χ3v) is 7.87. The maximum absolute atomic E-state index is 10.8. The molecule has 0 spiro atoms. The van der Waals surface area contributed by atoms with Crippen LogP contribution in [0.3, 0.4) is 0 Å². The summed E-state index contributed by atoms with van der Waals surface area (Å²) >= 11 is 0. The molecule has 5 nitrogen and oxygen atoms in total. The van der Waals surface area contributed by atoms with Crippen molar-refractivity contribution in [1.29, 1.82) is 0 Å². The van der Waals surface area contributed by atoms with Gasteiger partial charge in [-0.05, 0) is 66.3 Å². The Balaban J connectivity index is 1.09. The molecule has 3 aromatic carbocycles. The van der Waals surface area contributed by atoms with Gasteiger partial charge in [-0.15, -0.1) is 0 Å². The highest BCUT2D eigenvalue weighted by Gasteiger charge is 2.31. The second-order valence-electron chi connectivity index (χ2n) is 10.4. The van der Waals surface area contributed by atoms with Crippen LogP contribution in [0.25, 0.3) is 10.9 Å². The minimum atomic E-state index is -0.542. The smallest absolute Gasteiger partial charge is 0.128 e. The monoisotopic (exact) mass is 493 g/mol. The van der Waals surface area contributed by atoms with Gasteiger partial charge in [0.2, 0.25) is 0 Å². The van der Waals surface area contributed by atoms with Crippen molar-refractivity contribution in [2.24, 2.45) is 0 Å². The van der Waals surface area contributed by atoms with Gasteiger partial charge >= 0.3 is 0 Å². The lowest BCUT2D eigenvalue weighted by Crippen LogP contribution is -2.50. The second kappa shape index (κ2) is 10.6. The standard InChI is InChI=1S/C32H35N3O2/c1-23-13-16-29-30(33-23)11-6-12-31(29)37-22-26(36)21-34-17-19-35(20-18-34)32-27-9-4-2-7-24(27)14-15-25-8-3-5-10-28(25)32/h2-13,16,26,32,36H,14-15,17-22H2,1H3. The molecular formula is C32H35N3O2. The SMILES string of the molecule is Cc1ccc2c(OCC(O)CN3CCN(C4c5ccccc5CCc5ccccc54)CC3)cccc2n1.